The zero-order valence-electron chi connectivity index (χ0n) is 17.5. The van der Waals surface area contributed by atoms with Gasteiger partial charge < -0.3 is 5.32 Å². The van der Waals surface area contributed by atoms with Crippen LogP contribution < -0.4 is 10.9 Å². The summed E-state index contributed by atoms with van der Waals surface area (Å²) in [5, 5.41) is 3.28. The van der Waals surface area contributed by atoms with Crippen LogP contribution in [0.4, 0.5) is 5.69 Å². The molecule has 32 heavy (non-hydrogen) atoms. The highest BCUT2D eigenvalue weighted by atomic mass is 32.2. The third-order valence-electron chi connectivity index (χ3n) is 4.82. The first-order chi connectivity index (χ1) is 15.5. The van der Waals surface area contributed by atoms with Gasteiger partial charge in [-0.25, -0.2) is 4.98 Å². The third kappa shape index (κ3) is 4.49. The quantitative estimate of drug-likeness (QED) is 0.246. The summed E-state index contributed by atoms with van der Waals surface area (Å²) in [7, 11) is 0. The number of thioether (sulfide) groups is 1. The van der Waals surface area contributed by atoms with E-state index in [1.54, 1.807) is 28.8 Å². The molecule has 4 rings (SSSR count). The average molecular weight is 465 g/mol. The summed E-state index contributed by atoms with van der Waals surface area (Å²) in [4.78, 5) is 41.6. The van der Waals surface area contributed by atoms with Crippen LogP contribution in [-0.2, 0) is 11.3 Å². The smallest absolute Gasteiger partial charge is 0.273 e. The van der Waals surface area contributed by atoms with Gasteiger partial charge in [-0.3, -0.25) is 19.0 Å². The van der Waals surface area contributed by atoms with Gasteiger partial charge in [0.15, 0.2) is 10.9 Å². The number of benzene rings is 2. The molecule has 0 unspecified atom stereocenters. The molecule has 1 amide bonds. The van der Waals surface area contributed by atoms with Crippen LogP contribution in [0.3, 0.4) is 0 Å². The first-order valence-corrected chi connectivity index (χ1v) is 11.7. The predicted molar refractivity (Wildman–Crippen MR) is 129 cm³/mol. The molecule has 0 aliphatic carbocycles. The Kier molecular flexibility index (Phi) is 6.48. The van der Waals surface area contributed by atoms with Gasteiger partial charge in [-0.05, 0) is 49.6 Å². The van der Waals surface area contributed by atoms with Crippen molar-refractivity contribution in [3.8, 4) is 11.3 Å². The molecule has 0 radical (unpaired) electrons. The number of nitrogens with zero attached hydrogens (tertiary/aromatic N) is 3. The molecule has 0 spiro atoms. The first-order valence-electron chi connectivity index (χ1n) is 9.97. The normalized spacial score (nSPS) is 10.9. The Bertz CT molecular complexity index is 1350. The number of fused-ring (bicyclic) bond motifs is 1. The summed E-state index contributed by atoms with van der Waals surface area (Å²) in [6.07, 6.45) is 0. The Morgan fingerprint density at radius 2 is 1.81 bits per heavy atom. The second-order valence-electron chi connectivity index (χ2n) is 6.99. The number of aromatic nitrogens is 3. The average Bonchev–Trinajstić information content (AvgIpc) is 3.23. The maximum atomic E-state index is 13.0. The summed E-state index contributed by atoms with van der Waals surface area (Å²) < 4.78 is 6.54. The molecule has 0 bridgehead atoms. The molecule has 7 nitrogen and oxygen atoms in total. The van der Waals surface area contributed by atoms with E-state index in [9.17, 15) is 14.4 Å². The van der Waals surface area contributed by atoms with Crippen LogP contribution in [0.2, 0.25) is 0 Å². The lowest BCUT2D eigenvalue weighted by Gasteiger charge is -2.10. The van der Waals surface area contributed by atoms with Crippen molar-refractivity contribution in [1.29, 1.82) is 0 Å². The van der Waals surface area contributed by atoms with Gasteiger partial charge in [0.25, 0.3) is 5.56 Å². The molecule has 0 saturated heterocycles. The van der Waals surface area contributed by atoms with Gasteiger partial charge in [-0.15, -0.1) is 0 Å². The number of Topliss-reactive ketones (excluding diaryl/α,β-unsaturated/α-hetero) is 1. The number of rotatable bonds is 7. The zero-order valence-corrected chi connectivity index (χ0v) is 19.1. The second-order valence-corrected chi connectivity index (χ2v) is 8.71. The van der Waals surface area contributed by atoms with E-state index >= 15 is 0 Å². The largest absolute Gasteiger partial charge is 0.325 e. The topological polar surface area (TPSA) is 93.9 Å². The molecule has 0 aliphatic heterocycles. The fraction of sp³-hybridized carbons (Fsp3) is 0.174. The number of carbonyl (C=O) groups is 2. The first kappa shape index (κ1) is 21.9. The Balaban J connectivity index is 1.57. The van der Waals surface area contributed by atoms with Crippen LogP contribution in [0.5, 0.6) is 0 Å². The Labute approximate surface area is 192 Å². The minimum absolute atomic E-state index is 0.0322. The van der Waals surface area contributed by atoms with Crippen molar-refractivity contribution in [3.05, 3.63) is 70.5 Å². The molecule has 9 heteroatoms. The van der Waals surface area contributed by atoms with Crippen LogP contribution in [-0.4, -0.2) is 31.4 Å². The van der Waals surface area contributed by atoms with Crippen LogP contribution in [0.25, 0.3) is 21.5 Å². The van der Waals surface area contributed by atoms with Gasteiger partial charge in [-0.1, -0.05) is 42.1 Å². The number of amides is 1. The number of carbonyl (C=O) groups excluding carboxylic acids is 2. The van der Waals surface area contributed by atoms with Gasteiger partial charge in [0.1, 0.15) is 15.9 Å². The standard InChI is InChI=1S/C23H20N4O3S2/c1-3-27-22(30)21-20(19(26-32-21)16-7-5-4-6-8-16)25-23(27)31-13-18(29)24-17-11-9-15(10-12-17)14(2)28/h4-12H,3,13H2,1-2H3,(H,24,29). The molecule has 0 aliphatic rings. The van der Waals surface area contributed by atoms with Gasteiger partial charge in [0.2, 0.25) is 5.91 Å². The summed E-state index contributed by atoms with van der Waals surface area (Å²) in [6, 6.07) is 16.3. The molecule has 162 valence electrons. The highest BCUT2D eigenvalue weighted by Gasteiger charge is 2.18. The van der Waals surface area contributed by atoms with Gasteiger partial charge in [-0.2, -0.15) is 4.37 Å². The maximum absolute atomic E-state index is 13.0. The summed E-state index contributed by atoms with van der Waals surface area (Å²) in [5.41, 5.74) is 3.15. The fourth-order valence-corrected chi connectivity index (χ4v) is 4.83. The fourth-order valence-electron chi connectivity index (χ4n) is 3.18. The van der Waals surface area contributed by atoms with E-state index in [4.69, 9.17) is 4.98 Å². The predicted octanol–water partition coefficient (Wildman–Crippen LogP) is 4.47. The Hall–Kier alpha value is -3.30. The van der Waals surface area contributed by atoms with Gasteiger partial charge in [0.05, 0.1) is 5.75 Å². The Morgan fingerprint density at radius 1 is 1.09 bits per heavy atom. The van der Waals surface area contributed by atoms with E-state index < -0.39 is 0 Å². The highest BCUT2D eigenvalue weighted by Crippen LogP contribution is 2.29. The molecule has 2 aromatic carbocycles. The van der Waals surface area contributed by atoms with Gasteiger partial charge in [0, 0.05) is 23.4 Å². The van der Waals surface area contributed by atoms with E-state index in [1.165, 1.54) is 18.7 Å². The molecular formula is C23H20N4O3S2. The zero-order chi connectivity index (χ0) is 22.7. The molecule has 2 aromatic heterocycles. The van der Waals surface area contributed by atoms with E-state index in [0.717, 1.165) is 17.1 Å². The molecule has 4 aromatic rings. The minimum atomic E-state index is -0.227. The van der Waals surface area contributed by atoms with Gasteiger partial charge >= 0.3 is 0 Å². The van der Waals surface area contributed by atoms with Crippen molar-refractivity contribution in [3.63, 3.8) is 0 Å². The van der Waals surface area contributed by atoms with Crippen LogP contribution >= 0.6 is 23.3 Å². The minimum Gasteiger partial charge on any atom is -0.325 e. The van der Waals surface area contributed by atoms with Crippen molar-refractivity contribution in [1.82, 2.24) is 13.9 Å². The lowest BCUT2D eigenvalue weighted by atomic mass is 10.1. The van der Waals surface area contributed by atoms with E-state index in [2.05, 4.69) is 9.69 Å². The van der Waals surface area contributed by atoms with Crippen LogP contribution in [0, 0.1) is 0 Å². The SMILES string of the molecule is CCn1c(SCC(=O)Nc2ccc(C(C)=O)cc2)nc2c(-c3ccccc3)nsc2c1=O. The maximum Gasteiger partial charge on any atom is 0.273 e. The van der Waals surface area contributed by atoms with Crippen molar-refractivity contribution in [2.24, 2.45) is 0 Å². The Morgan fingerprint density at radius 3 is 2.47 bits per heavy atom. The van der Waals surface area contributed by atoms with Crippen molar-refractivity contribution < 1.29 is 9.59 Å². The van der Waals surface area contributed by atoms with E-state index in [0.29, 0.717) is 38.9 Å². The lowest BCUT2D eigenvalue weighted by molar-refractivity contribution is -0.113. The monoisotopic (exact) mass is 464 g/mol. The lowest BCUT2D eigenvalue weighted by Crippen LogP contribution is -2.22. The summed E-state index contributed by atoms with van der Waals surface area (Å²) >= 11 is 2.35. The number of hydrogen-bond acceptors (Lipinski definition) is 7. The highest BCUT2D eigenvalue weighted by molar-refractivity contribution is 7.99. The second kappa shape index (κ2) is 9.46. The van der Waals surface area contributed by atoms with E-state index in [1.807, 2.05) is 37.3 Å². The third-order valence-corrected chi connectivity index (χ3v) is 6.62. The van der Waals surface area contributed by atoms with Crippen LogP contribution in [0.1, 0.15) is 24.2 Å². The molecule has 1 N–H and O–H groups in total. The van der Waals surface area contributed by atoms with Crippen LogP contribution in [0.15, 0.2) is 64.5 Å². The molecule has 2 heterocycles. The molecule has 0 atom stereocenters. The summed E-state index contributed by atoms with van der Waals surface area (Å²) in [5.74, 6) is -0.172. The number of ketones is 1. The van der Waals surface area contributed by atoms with Crippen molar-refractivity contribution in [2.75, 3.05) is 11.1 Å². The number of nitrogens with one attached hydrogen (secondary N) is 1. The number of hydrogen-bond donors (Lipinski definition) is 1. The van der Waals surface area contributed by atoms with Crippen molar-refractivity contribution in [2.45, 2.75) is 25.5 Å². The summed E-state index contributed by atoms with van der Waals surface area (Å²) in [6.45, 7) is 3.80. The molecular weight excluding hydrogens is 444 g/mol. The van der Waals surface area contributed by atoms with E-state index in [-0.39, 0.29) is 23.0 Å². The molecule has 0 fully saturated rings. The van der Waals surface area contributed by atoms with Crippen molar-refractivity contribution >= 4 is 50.9 Å². The molecule has 0 saturated carbocycles. The number of anilines is 1.